The lowest BCUT2D eigenvalue weighted by Gasteiger charge is -2.05. The Morgan fingerprint density at radius 3 is 2.55 bits per heavy atom. The Morgan fingerprint density at radius 1 is 1.05 bits per heavy atom. The van der Waals surface area contributed by atoms with Gasteiger partial charge in [0.1, 0.15) is 17.7 Å². The van der Waals surface area contributed by atoms with Gasteiger partial charge < -0.3 is 4.40 Å². The van der Waals surface area contributed by atoms with Gasteiger partial charge in [-0.1, -0.05) is 0 Å². The van der Waals surface area contributed by atoms with Crippen LogP contribution in [0.1, 0.15) is 11.3 Å². The molecule has 3 heterocycles. The smallest absolute Gasteiger partial charge is 0.306 e. The Labute approximate surface area is 111 Å². The Bertz CT molecular complexity index is 777. The van der Waals surface area contributed by atoms with Crippen molar-refractivity contribution in [3.63, 3.8) is 0 Å². The van der Waals surface area contributed by atoms with Gasteiger partial charge in [-0.2, -0.15) is 13.2 Å². The molecular weight excluding hydrogens is 269 g/mol. The zero-order valence-electron chi connectivity index (χ0n) is 10.4. The summed E-state index contributed by atoms with van der Waals surface area (Å²) in [5, 5.41) is 0. The third kappa shape index (κ3) is 2.22. The van der Waals surface area contributed by atoms with E-state index in [-0.39, 0.29) is 0 Å². The summed E-state index contributed by atoms with van der Waals surface area (Å²) in [5.74, 6) is 0. The standard InChI is InChI=1S/C13H9F3N4/c1-8-4-10(18-7-17-8)11-6-20-5-9(13(14,15)16)2-3-12(20)19-11/h2-7H,1H3. The van der Waals surface area contributed by atoms with Gasteiger partial charge in [-0.3, -0.25) is 0 Å². The molecule has 102 valence electrons. The molecule has 0 amide bonds. The van der Waals surface area contributed by atoms with Crippen molar-refractivity contribution in [1.82, 2.24) is 19.4 Å². The molecule has 3 aromatic rings. The maximum Gasteiger partial charge on any atom is 0.417 e. The number of hydrogen-bond donors (Lipinski definition) is 0. The minimum atomic E-state index is -4.37. The molecule has 0 aromatic carbocycles. The normalized spacial score (nSPS) is 12.0. The van der Waals surface area contributed by atoms with Gasteiger partial charge in [0.15, 0.2) is 0 Å². The molecule has 0 aliphatic heterocycles. The van der Waals surface area contributed by atoms with Gasteiger partial charge in [-0.15, -0.1) is 0 Å². The van der Waals surface area contributed by atoms with Crippen LogP contribution in [0.15, 0.2) is 36.9 Å². The lowest BCUT2D eigenvalue weighted by atomic mass is 10.3. The lowest BCUT2D eigenvalue weighted by Crippen LogP contribution is -2.05. The number of halogens is 3. The fourth-order valence-corrected chi connectivity index (χ4v) is 1.88. The van der Waals surface area contributed by atoms with E-state index in [1.165, 1.54) is 23.0 Å². The first-order valence-electron chi connectivity index (χ1n) is 5.78. The maximum absolute atomic E-state index is 12.6. The summed E-state index contributed by atoms with van der Waals surface area (Å²) in [6.45, 7) is 1.81. The van der Waals surface area contributed by atoms with E-state index in [2.05, 4.69) is 15.0 Å². The molecule has 0 atom stereocenters. The summed E-state index contributed by atoms with van der Waals surface area (Å²) in [6, 6.07) is 4.07. The number of pyridine rings is 1. The fraction of sp³-hybridized carbons (Fsp3) is 0.154. The van der Waals surface area contributed by atoms with Crippen molar-refractivity contribution < 1.29 is 13.2 Å². The van der Waals surface area contributed by atoms with Crippen LogP contribution in [0.3, 0.4) is 0 Å². The van der Waals surface area contributed by atoms with Crippen LogP contribution in [0, 0.1) is 6.92 Å². The molecule has 0 aliphatic rings. The van der Waals surface area contributed by atoms with Crippen LogP contribution in [0.25, 0.3) is 17.0 Å². The first-order valence-corrected chi connectivity index (χ1v) is 5.78. The second kappa shape index (κ2) is 4.29. The average molecular weight is 278 g/mol. The van der Waals surface area contributed by atoms with Crippen molar-refractivity contribution in [2.75, 3.05) is 0 Å². The molecule has 3 aromatic heterocycles. The van der Waals surface area contributed by atoms with Gasteiger partial charge in [-0.05, 0) is 25.1 Å². The Hall–Kier alpha value is -2.44. The summed E-state index contributed by atoms with van der Waals surface area (Å²) < 4.78 is 39.3. The summed E-state index contributed by atoms with van der Waals surface area (Å²) in [6.07, 6.45) is -0.438. The van der Waals surface area contributed by atoms with Crippen molar-refractivity contribution >= 4 is 5.65 Å². The molecule has 0 radical (unpaired) electrons. The van der Waals surface area contributed by atoms with E-state index in [0.29, 0.717) is 17.0 Å². The average Bonchev–Trinajstić information content (AvgIpc) is 2.80. The zero-order chi connectivity index (χ0) is 14.3. The van der Waals surface area contributed by atoms with Crippen LogP contribution < -0.4 is 0 Å². The van der Waals surface area contributed by atoms with Crippen molar-refractivity contribution in [3.05, 3.63) is 48.2 Å². The molecule has 0 aliphatic carbocycles. The Kier molecular flexibility index (Phi) is 2.70. The lowest BCUT2D eigenvalue weighted by molar-refractivity contribution is -0.137. The molecular formula is C13H9F3N4. The van der Waals surface area contributed by atoms with Crippen molar-refractivity contribution in [1.29, 1.82) is 0 Å². The fourth-order valence-electron chi connectivity index (χ4n) is 1.88. The number of fused-ring (bicyclic) bond motifs is 1. The van der Waals surface area contributed by atoms with Gasteiger partial charge in [0.05, 0.1) is 11.3 Å². The molecule has 0 N–H and O–H groups in total. The van der Waals surface area contributed by atoms with Crippen LogP contribution in [-0.4, -0.2) is 19.4 Å². The topological polar surface area (TPSA) is 43.1 Å². The second-order valence-corrected chi connectivity index (χ2v) is 4.35. The van der Waals surface area contributed by atoms with E-state index < -0.39 is 11.7 Å². The highest BCUT2D eigenvalue weighted by molar-refractivity contribution is 5.59. The van der Waals surface area contributed by atoms with Crippen LogP contribution in [0.2, 0.25) is 0 Å². The molecule has 0 bridgehead atoms. The van der Waals surface area contributed by atoms with Gasteiger partial charge in [0.2, 0.25) is 0 Å². The van der Waals surface area contributed by atoms with Crippen LogP contribution >= 0.6 is 0 Å². The molecule has 20 heavy (non-hydrogen) atoms. The van der Waals surface area contributed by atoms with Crippen molar-refractivity contribution in [2.24, 2.45) is 0 Å². The van der Waals surface area contributed by atoms with E-state index in [1.807, 2.05) is 6.92 Å². The molecule has 0 spiro atoms. The second-order valence-electron chi connectivity index (χ2n) is 4.35. The molecule has 4 nitrogen and oxygen atoms in total. The SMILES string of the molecule is Cc1cc(-c2cn3cc(C(F)(F)F)ccc3n2)ncn1. The first kappa shape index (κ1) is 12.6. The molecule has 0 saturated carbocycles. The monoisotopic (exact) mass is 278 g/mol. The van der Waals surface area contributed by atoms with Gasteiger partial charge in [0.25, 0.3) is 0 Å². The highest BCUT2D eigenvalue weighted by Gasteiger charge is 2.30. The summed E-state index contributed by atoms with van der Waals surface area (Å²) in [4.78, 5) is 12.3. The van der Waals surface area contributed by atoms with Crippen molar-refractivity contribution in [3.8, 4) is 11.4 Å². The molecule has 7 heteroatoms. The number of aryl methyl sites for hydroxylation is 1. The van der Waals surface area contributed by atoms with Crippen LogP contribution in [0.5, 0.6) is 0 Å². The van der Waals surface area contributed by atoms with Crippen LogP contribution in [0.4, 0.5) is 13.2 Å². The summed E-state index contributed by atoms with van der Waals surface area (Å²) in [5.41, 5.74) is 1.57. The van der Waals surface area contributed by atoms with E-state index in [0.717, 1.165) is 18.0 Å². The largest absolute Gasteiger partial charge is 0.417 e. The summed E-state index contributed by atoms with van der Waals surface area (Å²) in [7, 11) is 0. The quantitative estimate of drug-likeness (QED) is 0.687. The summed E-state index contributed by atoms with van der Waals surface area (Å²) >= 11 is 0. The van der Waals surface area contributed by atoms with E-state index in [1.54, 1.807) is 6.07 Å². The van der Waals surface area contributed by atoms with Gasteiger partial charge >= 0.3 is 6.18 Å². The third-order valence-electron chi connectivity index (χ3n) is 2.84. The number of alkyl halides is 3. The first-order chi connectivity index (χ1) is 9.43. The number of rotatable bonds is 1. The molecule has 3 rings (SSSR count). The minimum absolute atomic E-state index is 0.435. The Morgan fingerprint density at radius 2 is 1.85 bits per heavy atom. The van der Waals surface area contributed by atoms with Crippen LogP contribution in [-0.2, 0) is 6.18 Å². The predicted octanol–water partition coefficient (Wildman–Crippen LogP) is 3.12. The highest BCUT2D eigenvalue weighted by Crippen LogP contribution is 2.29. The number of aromatic nitrogens is 4. The van der Waals surface area contributed by atoms with E-state index in [4.69, 9.17) is 0 Å². The predicted molar refractivity (Wildman–Crippen MR) is 66.0 cm³/mol. The van der Waals surface area contributed by atoms with Crippen molar-refractivity contribution in [2.45, 2.75) is 13.1 Å². The number of nitrogens with zero attached hydrogens (tertiary/aromatic N) is 4. The number of hydrogen-bond acceptors (Lipinski definition) is 3. The van der Waals surface area contributed by atoms with Gasteiger partial charge in [-0.25, -0.2) is 15.0 Å². The molecule has 0 saturated heterocycles. The number of imidazole rings is 1. The minimum Gasteiger partial charge on any atom is -0.306 e. The van der Waals surface area contributed by atoms with E-state index >= 15 is 0 Å². The maximum atomic E-state index is 12.6. The third-order valence-corrected chi connectivity index (χ3v) is 2.84. The highest BCUT2D eigenvalue weighted by atomic mass is 19.4. The molecule has 0 unspecified atom stereocenters. The van der Waals surface area contributed by atoms with Gasteiger partial charge in [0, 0.05) is 18.1 Å². The van der Waals surface area contributed by atoms with E-state index in [9.17, 15) is 13.2 Å². The Balaban J connectivity index is 2.11. The molecule has 0 fully saturated rings. The zero-order valence-corrected chi connectivity index (χ0v) is 10.4.